The van der Waals surface area contributed by atoms with Crippen molar-refractivity contribution in [1.82, 2.24) is 0 Å². The van der Waals surface area contributed by atoms with E-state index in [0.717, 1.165) is 6.42 Å². The molecule has 0 radical (unpaired) electrons. The Hall–Kier alpha value is -3.20. The van der Waals surface area contributed by atoms with Gasteiger partial charge in [-0.3, -0.25) is 14.4 Å². The third kappa shape index (κ3) is 5.47. The van der Waals surface area contributed by atoms with Crippen LogP contribution in [0.5, 0.6) is 11.5 Å². The molecule has 1 atom stereocenters. The second-order valence-electron chi connectivity index (χ2n) is 8.45. The number of phenols is 1. The van der Waals surface area contributed by atoms with Crippen LogP contribution in [0.15, 0.2) is 35.2 Å². The molecule has 0 fully saturated rings. The number of ketones is 2. The van der Waals surface area contributed by atoms with E-state index >= 15 is 0 Å². The fourth-order valence-corrected chi connectivity index (χ4v) is 5.53. The maximum absolute atomic E-state index is 12.8. The van der Waals surface area contributed by atoms with E-state index in [0.29, 0.717) is 28.9 Å². The topological polar surface area (TPSA) is 135 Å². The molecule has 1 aliphatic rings. The summed E-state index contributed by atoms with van der Waals surface area (Å²) in [5, 5.41) is 19.4. The van der Waals surface area contributed by atoms with Crippen LogP contribution in [-0.2, 0) is 27.5 Å². The van der Waals surface area contributed by atoms with Crippen molar-refractivity contribution in [1.29, 1.82) is 0 Å². The van der Waals surface area contributed by atoms with Gasteiger partial charge in [-0.15, -0.1) is 0 Å². The molecule has 0 amide bonds. The molecular formula is C25H28O8S. The number of hydrogen-bond acceptors (Lipinski definition) is 7. The van der Waals surface area contributed by atoms with Gasteiger partial charge in [-0.25, -0.2) is 8.42 Å². The van der Waals surface area contributed by atoms with E-state index in [1.54, 1.807) is 6.07 Å². The smallest absolute Gasteiger partial charge is 0.304 e. The minimum atomic E-state index is -3.64. The molecular weight excluding hydrogens is 460 g/mol. The monoisotopic (exact) mass is 488 g/mol. The molecule has 2 aromatic carbocycles. The summed E-state index contributed by atoms with van der Waals surface area (Å²) < 4.78 is 31.4. The highest BCUT2D eigenvalue weighted by atomic mass is 32.2. The number of benzene rings is 2. The van der Waals surface area contributed by atoms with Crippen LogP contribution >= 0.6 is 0 Å². The van der Waals surface area contributed by atoms with Crippen LogP contribution in [0.25, 0.3) is 0 Å². The van der Waals surface area contributed by atoms with Crippen molar-refractivity contribution in [2.45, 2.75) is 50.8 Å². The first-order valence-corrected chi connectivity index (χ1v) is 12.8. The molecule has 0 saturated heterocycles. The number of carbonyl (C=O) groups excluding carboxylic acids is 2. The van der Waals surface area contributed by atoms with Crippen molar-refractivity contribution < 1.29 is 37.8 Å². The number of hydrogen-bond donors (Lipinski definition) is 2. The summed E-state index contributed by atoms with van der Waals surface area (Å²) in [6.45, 7) is 3.40. The normalized spacial score (nSPS) is 15.2. The molecule has 2 aromatic rings. The summed E-state index contributed by atoms with van der Waals surface area (Å²) in [6.07, 6.45) is 1.37. The Labute approximate surface area is 198 Å². The average molecular weight is 489 g/mol. The zero-order valence-corrected chi connectivity index (χ0v) is 20.0. The Morgan fingerprint density at radius 3 is 2.56 bits per heavy atom. The molecule has 0 saturated carbocycles. The number of aliphatic carboxylic acids is 1. The number of carboxylic acid groups (broad SMARTS) is 1. The van der Waals surface area contributed by atoms with Crippen LogP contribution in [0.1, 0.15) is 65.0 Å². The van der Waals surface area contributed by atoms with Crippen LogP contribution in [0.3, 0.4) is 0 Å². The molecule has 3 rings (SSSR count). The molecule has 8 nitrogen and oxygen atoms in total. The van der Waals surface area contributed by atoms with Gasteiger partial charge in [0.2, 0.25) is 0 Å². The Morgan fingerprint density at radius 2 is 1.91 bits per heavy atom. The quantitative estimate of drug-likeness (QED) is 0.362. The molecule has 182 valence electrons. The number of aromatic hydroxyl groups is 1. The predicted octanol–water partition coefficient (Wildman–Crippen LogP) is 3.62. The minimum Gasteiger partial charge on any atom is -0.507 e. The van der Waals surface area contributed by atoms with Crippen molar-refractivity contribution in [3.05, 3.63) is 52.6 Å². The van der Waals surface area contributed by atoms with Crippen LogP contribution in [-0.4, -0.2) is 48.5 Å². The highest BCUT2D eigenvalue weighted by molar-refractivity contribution is 7.91. The summed E-state index contributed by atoms with van der Waals surface area (Å²) >= 11 is 0. The van der Waals surface area contributed by atoms with Crippen LogP contribution in [0.4, 0.5) is 0 Å². The second kappa shape index (κ2) is 10.4. The molecule has 0 bridgehead atoms. The average Bonchev–Trinajstić information content (AvgIpc) is 3.07. The first kappa shape index (κ1) is 25.4. The van der Waals surface area contributed by atoms with Gasteiger partial charge in [-0.2, -0.15) is 0 Å². The zero-order chi connectivity index (χ0) is 25.0. The number of fused-ring (bicyclic) bond motifs is 1. The Balaban J connectivity index is 1.65. The van der Waals surface area contributed by atoms with Gasteiger partial charge in [-0.05, 0) is 62.1 Å². The van der Waals surface area contributed by atoms with Gasteiger partial charge >= 0.3 is 5.97 Å². The molecule has 1 unspecified atom stereocenters. The van der Waals surface area contributed by atoms with E-state index in [1.807, 2.05) is 6.92 Å². The van der Waals surface area contributed by atoms with Gasteiger partial charge in [0, 0.05) is 17.0 Å². The van der Waals surface area contributed by atoms with E-state index < -0.39 is 21.7 Å². The lowest BCUT2D eigenvalue weighted by molar-refractivity contribution is -0.137. The lowest BCUT2D eigenvalue weighted by Gasteiger charge is -2.14. The van der Waals surface area contributed by atoms with Gasteiger partial charge in [0.15, 0.2) is 21.4 Å². The molecule has 2 N–H and O–H groups in total. The summed E-state index contributed by atoms with van der Waals surface area (Å²) in [6, 6.07) is 7.41. The van der Waals surface area contributed by atoms with Crippen molar-refractivity contribution in [3.8, 4) is 11.5 Å². The van der Waals surface area contributed by atoms with E-state index in [2.05, 4.69) is 0 Å². The summed E-state index contributed by atoms with van der Waals surface area (Å²) in [5.74, 6) is -2.11. The number of carboxylic acids is 1. The minimum absolute atomic E-state index is 0.0881. The number of carbonyl (C=O) groups is 3. The molecule has 0 heterocycles. The maximum atomic E-state index is 12.8. The Kier molecular flexibility index (Phi) is 7.76. The van der Waals surface area contributed by atoms with E-state index in [1.165, 1.54) is 31.2 Å². The number of ether oxygens (including phenoxy) is 1. The molecule has 0 spiro atoms. The summed E-state index contributed by atoms with van der Waals surface area (Å²) in [5.41, 5.74) is 1.68. The number of sulfone groups is 1. The Bertz CT molecular complexity index is 1230. The molecule has 0 aromatic heterocycles. The van der Waals surface area contributed by atoms with Crippen LogP contribution < -0.4 is 4.74 Å². The van der Waals surface area contributed by atoms with Gasteiger partial charge in [0.05, 0.1) is 29.2 Å². The fourth-order valence-electron chi connectivity index (χ4n) is 4.20. The standard InChI is InChI=1S/C25H28O8S/c1-3-5-21-22(9-8-19(15(2)26)25(21)30)33-10-4-11-34(31,32)18-6-7-20-16(13-18)12-17(24(20)29)14-23(27)28/h6-9,13,17,30H,3-5,10-12,14H2,1-2H3,(H,27,28). The summed E-state index contributed by atoms with van der Waals surface area (Å²) in [4.78, 5) is 35.1. The van der Waals surface area contributed by atoms with Gasteiger partial charge in [0.25, 0.3) is 0 Å². The maximum Gasteiger partial charge on any atom is 0.304 e. The van der Waals surface area contributed by atoms with E-state index in [-0.39, 0.29) is 59.4 Å². The first-order chi connectivity index (χ1) is 16.0. The second-order valence-corrected chi connectivity index (χ2v) is 10.6. The van der Waals surface area contributed by atoms with Gasteiger partial charge in [-0.1, -0.05) is 13.3 Å². The Morgan fingerprint density at radius 1 is 1.18 bits per heavy atom. The van der Waals surface area contributed by atoms with Crippen molar-refractivity contribution >= 4 is 27.4 Å². The predicted molar refractivity (Wildman–Crippen MR) is 124 cm³/mol. The largest absolute Gasteiger partial charge is 0.507 e. The third-order valence-corrected chi connectivity index (χ3v) is 7.69. The molecule has 34 heavy (non-hydrogen) atoms. The van der Waals surface area contributed by atoms with Gasteiger partial charge < -0.3 is 14.9 Å². The highest BCUT2D eigenvalue weighted by Gasteiger charge is 2.33. The lowest BCUT2D eigenvalue weighted by Crippen LogP contribution is -2.13. The zero-order valence-electron chi connectivity index (χ0n) is 19.2. The third-order valence-electron chi connectivity index (χ3n) is 5.89. The van der Waals surface area contributed by atoms with E-state index in [4.69, 9.17) is 9.84 Å². The first-order valence-electron chi connectivity index (χ1n) is 11.2. The SMILES string of the molecule is CCCc1c(OCCCS(=O)(=O)c2ccc3c(c2)CC(CC(=O)O)C3=O)ccc(C(C)=O)c1O. The van der Waals surface area contributed by atoms with Gasteiger partial charge in [0.1, 0.15) is 11.5 Å². The van der Waals surface area contributed by atoms with Crippen LogP contribution in [0.2, 0.25) is 0 Å². The van der Waals surface area contributed by atoms with Crippen LogP contribution in [0, 0.1) is 5.92 Å². The lowest BCUT2D eigenvalue weighted by atomic mass is 10.0. The van der Waals surface area contributed by atoms with E-state index in [9.17, 15) is 27.9 Å². The van der Waals surface area contributed by atoms with Crippen molar-refractivity contribution in [2.75, 3.05) is 12.4 Å². The summed E-state index contributed by atoms with van der Waals surface area (Å²) in [7, 11) is -3.64. The molecule has 0 aliphatic heterocycles. The molecule has 9 heteroatoms. The van der Waals surface area contributed by atoms with Crippen molar-refractivity contribution in [2.24, 2.45) is 5.92 Å². The highest BCUT2D eigenvalue weighted by Crippen LogP contribution is 2.33. The fraction of sp³-hybridized carbons (Fsp3) is 0.400. The number of rotatable bonds is 11. The van der Waals surface area contributed by atoms with Crippen molar-refractivity contribution in [3.63, 3.8) is 0 Å². The molecule has 1 aliphatic carbocycles. The number of phenolic OH excluding ortho intramolecular Hbond substituents is 1. The number of Topliss-reactive ketones (excluding diaryl/α,β-unsaturated/α-hetero) is 2.